The number of benzene rings is 2. The van der Waals surface area contributed by atoms with E-state index in [9.17, 15) is 22.4 Å². The molecule has 2 aromatic heterocycles. The van der Waals surface area contributed by atoms with Gasteiger partial charge in [0.15, 0.2) is 0 Å². The van der Waals surface area contributed by atoms with Crippen molar-refractivity contribution < 1.29 is 22.4 Å². The third-order valence-corrected chi connectivity index (χ3v) is 6.29. The summed E-state index contributed by atoms with van der Waals surface area (Å²) in [4.78, 5) is 19.5. The van der Waals surface area contributed by atoms with Crippen LogP contribution >= 0.6 is 23.1 Å². The molecule has 2 aromatic carbocycles. The molecule has 32 heavy (non-hydrogen) atoms. The van der Waals surface area contributed by atoms with E-state index in [4.69, 9.17) is 0 Å². The summed E-state index contributed by atoms with van der Waals surface area (Å²) in [5.74, 6) is -1.85. The van der Waals surface area contributed by atoms with Gasteiger partial charge in [-0.2, -0.15) is 13.2 Å². The summed E-state index contributed by atoms with van der Waals surface area (Å²) in [7, 11) is 0. The largest absolute Gasteiger partial charge is 0.451 e. The van der Waals surface area contributed by atoms with Gasteiger partial charge in [-0.1, -0.05) is 53.4 Å². The zero-order valence-electron chi connectivity index (χ0n) is 16.1. The van der Waals surface area contributed by atoms with E-state index in [1.54, 1.807) is 30.3 Å². The minimum Gasteiger partial charge on any atom is -0.346 e. The first-order chi connectivity index (χ1) is 15.3. The van der Waals surface area contributed by atoms with Crippen LogP contribution in [-0.2, 0) is 18.5 Å². The molecule has 1 amide bonds. The van der Waals surface area contributed by atoms with Gasteiger partial charge in [-0.15, -0.1) is 10.2 Å². The summed E-state index contributed by atoms with van der Waals surface area (Å²) in [6, 6.07) is 12.1. The molecule has 6 nitrogen and oxygen atoms in total. The van der Waals surface area contributed by atoms with E-state index in [-0.39, 0.29) is 33.7 Å². The first kappa shape index (κ1) is 22.1. The van der Waals surface area contributed by atoms with Crippen molar-refractivity contribution in [2.24, 2.45) is 0 Å². The van der Waals surface area contributed by atoms with Gasteiger partial charge < -0.3 is 5.32 Å². The van der Waals surface area contributed by atoms with Crippen LogP contribution in [0.25, 0.3) is 10.9 Å². The number of nitrogens with one attached hydrogen (secondary N) is 1. The standard InChI is InChI=1S/C20H13F4N5OS2/c21-12-7-5-11(6-8-12)9-25-16(30)18-29-28-15(32-18)10-31-17-13-3-1-2-4-14(13)26-19(27-17)20(22,23)24/h1-8H,9-10H2,(H,25,30). The molecule has 0 fully saturated rings. The third kappa shape index (κ3) is 5.19. The maximum Gasteiger partial charge on any atom is 0.451 e. The van der Waals surface area contributed by atoms with Crippen molar-refractivity contribution in [2.75, 3.05) is 0 Å². The van der Waals surface area contributed by atoms with Crippen molar-refractivity contribution in [1.29, 1.82) is 0 Å². The summed E-state index contributed by atoms with van der Waals surface area (Å²) < 4.78 is 52.4. The fourth-order valence-electron chi connectivity index (χ4n) is 2.68. The predicted octanol–water partition coefficient (Wildman–Crippen LogP) is 4.86. The summed E-state index contributed by atoms with van der Waals surface area (Å²) in [5.41, 5.74) is 0.909. The molecule has 0 atom stereocenters. The second kappa shape index (κ2) is 9.17. The average Bonchev–Trinajstić information content (AvgIpc) is 3.25. The topological polar surface area (TPSA) is 80.7 Å². The van der Waals surface area contributed by atoms with Crippen molar-refractivity contribution in [3.05, 3.63) is 75.8 Å². The van der Waals surface area contributed by atoms with E-state index in [1.165, 1.54) is 18.2 Å². The number of alkyl halides is 3. The number of halogens is 4. The molecular weight excluding hydrogens is 466 g/mol. The van der Waals surface area contributed by atoms with Crippen molar-refractivity contribution in [2.45, 2.75) is 23.5 Å². The van der Waals surface area contributed by atoms with Gasteiger partial charge in [-0.05, 0) is 23.8 Å². The van der Waals surface area contributed by atoms with E-state index >= 15 is 0 Å². The maximum absolute atomic E-state index is 13.1. The Balaban J connectivity index is 1.44. The number of thioether (sulfide) groups is 1. The van der Waals surface area contributed by atoms with Crippen molar-refractivity contribution in [3.63, 3.8) is 0 Å². The van der Waals surface area contributed by atoms with Gasteiger partial charge >= 0.3 is 6.18 Å². The molecule has 4 aromatic rings. The van der Waals surface area contributed by atoms with Crippen molar-refractivity contribution in [3.8, 4) is 0 Å². The van der Waals surface area contributed by atoms with Crippen LogP contribution in [0.15, 0.2) is 53.6 Å². The first-order valence-corrected chi connectivity index (χ1v) is 10.9. The highest BCUT2D eigenvalue weighted by Crippen LogP contribution is 2.33. The number of fused-ring (bicyclic) bond motifs is 1. The van der Waals surface area contributed by atoms with Crippen LogP contribution in [0.1, 0.15) is 26.2 Å². The molecule has 4 rings (SSSR count). The highest BCUT2D eigenvalue weighted by molar-refractivity contribution is 7.98. The number of para-hydroxylation sites is 1. The zero-order valence-corrected chi connectivity index (χ0v) is 17.7. The lowest BCUT2D eigenvalue weighted by Crippen LogP contribution is -2.22. The van der Waals surface area contributed by atoms with Gasteiger partial charge in [0.2, 0.25) is 10.8 Å². The Kier molecular flexibility index (Phi) is 6.33. The van der Waals surface area contributed by atoms with Crippen LogP contribution in [0.5, 0.6) is 0 Å². The molecule has 12 heteroatoms. The lowest BCUT2D eigenvalue weighted by atomic mass is 10.2. The molecule has 0 saturated heterocycles. The highest BCUT2D eigenvalue weighted by Gasteiger charge is 2.35. The number of amides is 1. The lowest BCUT2D eigenvalue weighted by Gasteiger charge is -2.09. The number of hydrogen-bond acceptors (Lipinski definition) is 7. The summed E-state index contributed by atoms with van der Waals surface area (Å²) in [6.07, 6.45) is -4.67. The Morgan fingerprint density at radius 2 is 1.78 bits per heavy atom. The van der Waals surface area contributed by atoms with Gasteiger partial charge in [0.1, 0.15) is 15.9 Å². The van der Waals surface area contributed by atoms with Crippen LogP contribution in [0.3, 0.4) is 0 Å². The number of aromatic nitrogens is 4. The fraction of sp³-hybridized carbons (Fsp3) is 0.150. The average molecular weight is 479 g/mol. The second-order valence-corrected chi connectivity index (χ2v) is 8.49. The van der Waals surface area contributed by atoms with Gasteiger partial charge in [0, 0.05) is 11.9 Å². The molecule has 0 radical (unpaired) electrons. The quantitative estimate of drug-likeness (QED) is 0.242. The highest BCUT2D eigenvalue weighted by atomic mass is 32.2. The fourth-order valence-corrected chi connectivity index (χ4v) is 4.44. The Morgan fingerprint density at radius 3 is 2.53 bits per heavy atom. The van der Waals surface area contributed by atoms with Crippen LogP contribution in [0.2, 0.25) is 0 Å². The van der Waals surface area contributed by atoms with Crippen molar-refractivity contribution >= 4 is 39.9 Å². The van der Waals surface area contributed by atoms with E-state index < -0.39 is 17.9 Å². The molecule has 2 heterocycles. The van der Waals surface area contributed by atoms with E-state index in [1.807, 2.05) is 0 Å². The molecule has 0 aliphatic carbocycles. The van der Waals surface area contributed by atoms with Gasteiger partial charge in [-0.25, -0.2) is 14.4 Å². The van der Waals surface area contributed by atoms with Crippen molar-refractivity contribution in [1.82, 2.24) is 25.5 Å². The Hall–Kier alpha value is -3.12. The van der Waals surface area contributed by atoms with E-state index in [0.29, 0.717) is 10.4 Å². The van der Waals surface area contributed by atoms with Crippen LogP contribution in [0.4, 0.5) is 17.6 Å². The van der Waals surface area contributed by atoms with E-state index in [0.717, 1.165) is 28.7 Å². The lowest BCUT2D eigenvalue weighted by molar-refractivity contribution is -0.145. The maximum atomic E-state index is 13.1. The number of rotatable bonds is 6. The van der Waals surface area contributed by atoms with Gasteiger partial charge in [-0.3, -0.25) is 4.79 Å². The minimum atomic E-state index is -4.67. The molecule has 1 N–H and O–H groups in total. The van der Waals surface area contributed by atoms with Crippen LogP contribution < -0.4 is 5.32 Å². The Bertz CT molecular complexity index is 1260. The SMILES string of the molecule is O=C(NCc1ccc(F)cc1)c1nnc(CSc2nc(C(F)(F)F)nc3ccccc23)s1. The smallest absolute Gasteiger partial charge is 0.346 e. The molecular formula is C20H13F4N5OS2. The Labute approximate surface area is 187 Å². The second-order valence-electron chi connectivity index (χ2n) is 6.47. The van der Waals surface area contributed by atoms with Crippen LogP contribution in [-0.4, -0.2) is 26.1 Å². The van der Waals surface area contributed by atoms with E-state index in [2.05, 4.69) is 25.5 Å². The summed E-state index contributed by atoms with van der Waals surface area (Å²) in [6.45, 7) is 0.190. The number of carbonyl (C=O) groups is 1. The molecule has 164 valence electrons. The number of carbonyl (C=O) groups excluding carboxylic acids is 1. The van der Waals surface area contributed by atoms with Gasteiger partial charge in [0.05, 0.1) is 11.3 Å². The number of nitrogens with zero attached hydrogens (tertiary/aromatic N) is 4. The monoisotopic (exact) mass is 479 g/mol. The molecule has 0 spiro atoms. The normalized spacial score (nSPS) is 11.6. The molecule has 0 bridgehead atoms. The summed E-state index contributed by atoms with van der Waals surface area (Å²) in [5, 5.41) is 11.7. The summed E-state index contributed by atoms with van der Waals surface area (Å²) >= 11 is 2.09. The number of hydrogen-bond donors (Lipinski definition) is 1. The zero-order chi connectivity index (χ0) is 22.7. The predicted molar refractivity (Wildman–Crippen MR) is 112 cm³/mol. The van der Waals surface area contributed by atoms with Gasteiger partial charge in [0.25, 0.3) is 5.91 Å². The first-order valence-electron chi connectivity index (χ1n) is 9.11. The van der Waals surface area contributed by atoms with Crippen LogP contribution in [0, 0.1) is 5.82 Å². The Morgan fingerprint density at radius 1 is 1.03 bits per heavy atom. The third-order valence-electron chi connectivity index (χ3n) is 4.18. The molecule has 0 aliphatic heterocycles. The minimum absolute atomic E-state index is 0.117. The molecule has 0 unspecified atom stereocenters. The molecule has 0 saturated carbocycles. The molecule has 0 aliphatic rings.